The highest BCUT2D eigenvalue weighted by Gasteiger charge is 2.14. The minimum Gasteiger partial charge on any atom is -0.396 e. The Morgan fingerprint density at radius 2 is 1.94 bits per heavy atom. The third kappa shape index (κ3) is 2.18. The predicted octanol–water partition coefficient (Wildman–Crippen LogP) is 2.55. The summed E-state index contributed by atoms with van der Waals surface area (Å²) < 4.78 is 2.06. The van der Waals surface area contributed by atoms with E-state index >= 15 is 0 Å². The van der Waals surface area contributed by atoms with Gasteiger partial charge in [-0.05, 0) is 32.4 Å². The van der Waals surface area contributed by atoms with Gasteiger partial charge in [0.15, 0.2) is 0 Å². The van der Waals surface area contributed by atoms with Crippen molar-refractivity contribution >= 4 is 0 Å². The monoisotopic (exact) mass is 244 g/mol. The van der Waals surface area contributed by atoms with Crippen molar-refractivity contribution < 1.29 is 5.11 Å². The van der Waals surface area contributed by atoms with Crippen LogP contribution in [0.2, 0.25) is 0 Å². The van der Waals surface area contributed by atoms with Gasteiger partial charge in [-0.25, -0.2) is 4.98 Å². The number of hydrogen-bond donors (Lipinski definition) is 1. The van der Waals surface area contributed by atoms with E-state index in [2.05, 4.69) is 48.5 Å². The van der Waals surface area contributed by atoms with Crippen molar-refractivity contribution in [3.05, 3.63) is 40.8 Å². The molecule has 3 nitrogen and oxygen atoms in total. The van der Waals surface area contributed by atoms with E-state index in [-0.39, 0.29) is 6.61 Å². The third-order valence-corrected chi connectivity index (χ3v) is 3.46. The maximum absolute atomic E-state index is 9.06. The zero-order valence-electron chi connectivity index (χ0n) is 11.5. The first-order valence-electron chi connectivity index (χ1n) is 6.25. The summed E-state index contributed by atoms with van der Waals surface area (Å²) >= 11 is 0. The van der Waals surface area contributed by atoms with Crippen LogP contribution >= 0.6 is 0 Å². The summed E-state index contributed by atoms with van der Waals surface area (Å²) in [6.45, 7) is 6.41. The van der Waals surface area contributed by atoms with Crippen LogP contribution in [0.5, 0.6) is 0 Å². The van der Waals surface area contributed by atoms with E-state index in [9.17, 15) is 0 Å². The molecule has 0 atom stereocenters. The summed E-state index contributed by atoms with van der Waals surface area (Å²) in [5.41, 5.74) is 5.84. The van der Waals surface area contributed by atoms with Gasteiger partial charge in [-0.3, -0.25) is 0 Å². The normalized spacial score (nSPS) is 10.9. The number of nitrogens with zero attached hydrogens (tertiary/aromatic N) is 2. The van der Waals surface area contributed by atoms with E-state index in [1.165, 1.54) is 16.7 Å². The minimum absolute atomic E-state index is 0.135. The number of rotatable bonds is 3. The molecule has 2 aromatic rings. The first kappa shape index (κ1) is 12.8. The lowest BCUT2D eigenvalue weighted by Gasteiger charge is -2.06. The highest BCUT2D eigenvalue weighted by molar-refractivity contribution is 5.67. The van der Waals surface area contributed by atoms with Crippen LogP contribution in [0.3, 0.4) is 0 Å². The number of aryl methyl sites for hydroxylation is 2. The second kappa shape index (κ2) is 4.94. The molecule has 0 bridgehead atoms. The van der Waals surface area contributed by atoms with Crippen LogP contribution in [-0.4, -0.2) is 21.3 Å². The summed E-state index contributed by atoms with van der Waals surface area (Å²) in [5, 5.41) is 9.06. The largest absolute Gasteiger partial charge is 0.396 e. The molecule has 0 saturated heterocycles. The lowest BCUT2D eigenvalue weighted by molar-refractivity contribution is 0.295. The van der Waals surface area contributed by atoms with E-state index in [4.69, 9.17) is 5.11 Å². The molecule has 3 heteroatoms. The number of benzene rings is 1. The fraction of sp³-hybridized carbons (Fsp3) is 0.400. The molecule has 1 heterocycles. The first-order valence-corrected chi connectivity index (χ1v) is 6.25. The Morgan fingerprint density at radius 1 is 1.22 bits per heavy atom. The van der Waals surface area contributed by atoms with Gasteiger partial charge in [0.1, 0.15) is 5.82 Å². The van der Waals surface area contributed by atoms with Gasteiger partial charge in [0.2, 0.25) is 0 Å². The van der Waals surface area contributed by atoms with E-state index in [1.54, 1.807) is 0 Å². The van der Waals surface area contributed by atoms with Gasteiger partial charge in [-0.15, -0.1) is 0 Å². The van der Waals surface area contributed by atoms with Crippen molar-refractivity contribution in [1.29, 1.82) is 0 Å². The van der Waals surface area contributed by atoms with Crippen molar-refractivity contribution in [3.8, 4) is 11.3 Å². The lowest BCUT2D eigenvalue weighted by atomic mass is 10.0. The van der Waals surface area contributed by atoms with Crippen molar-refractivity contribution in [2.45, 2.75) is 27.2 Å². The molecule has 0 aliphatic heterocycles. The van der Waals surface area contributed by atoms with Crippen LogP contribution in [0.25, 0.3) is 11.3 Å². The van der Waals surface area contributed by atoms with Gasteiger partial charge in [-0.1, -0.05) is 17.7 Å². The molecule has 1 N–H and O–H groups in total. The molecule has 0 radical (unpaired) electrons. The van der Waals surface area contributed by atoms with Crippen LogP contribution in [0.15, 0.2) is 18.2 Å². The Bertz CT molecular complexity index is 570. The molecule has 1 aromatic carbocycles. The van der Waals surface area contributed by atoms with Crippen molar-refractivity contribution in [2.24, 2.45) is 7.05 Å². The Labute approximate surface area is 108 Å². The van der Waals surface area contributed by atoms with Crippen LogP contribution in [0.1, 0.15) is 22.6 Å². The van der Waals surface area contributed by atoms with E-state index in [1.807, 2.05) is 7.05 Å². The van der Waals surface area contributed by atoms with E-state index in [0.29, 0.717) is 6.42 Å². The van der Waals surface area contributed by atoms with Crippen molar-refractivity contribution in [2.75, 3.05) is 6.61 Å². The molecular formula is C15H20N2O. The number of aliphatic hydroxyl groups excluding tert-OH is 1. The van der Waals surface area contributed by atoms with Gasteiger partial charge >= 0.3 is 0 Å². The number of imidazole rings is 1. The Kier molecular flexibility index (Phi) is 3.53. The summed E-state index contributed by atoms with van der Waals surface area (Å²) in [7, 11) is 2.00. The van der Waals surface area contributed by atoms with Gasteiger partial charge in [-0.2, -0.15) is 0 Å². The van der Waals surface area contributed by atoms with Gasteiger partial charge in [0.05, 0.1) is 12.3 Å². The fourth-order valence-corrected chi connectivity index (χ4v) is 2.21. The number of hydrogen-bond acceptors (Lipinski definition) is 2. The summed E-state index contributed by atoms with van der Waals surface area (Å²) in [5.74, 6) is 0.936. The van der Waals surface area contributed by atoms with Gasteiger partial charge in [0, 0.05) is 24.7 Å². The van der Waals surface area contributed by atoms with Crippen LogP contribution in [0.4, 0.5) is 0 Å². The van der Waals surface area contributed by atoms with Crippen LogP contribution in [0, 0.1) is 20.8 Å². The minimum atomic E-state index is 0.135. The second-order valence-corrected chi connectivity index (χ2v) is 4.81. The summed E-state index contributed by atoms with van der Waals surface area (Å²) in [4.78, 5) is 4.67. The molecule has 0 spiro atoms. The van der Waals surface area contributed by atoms with Crippen LogP contribution < -0.4 is 0 Å². The summed E-state index contributed by atoms with van der Waals surface area (Å²) in [6.07, 6.45) is 0.599. The Hall–Kier alpha value is -1.61. The second-order valence-electron chi connectivity index (χ2n) is 4.81. The quantitative estimate of drug-likeness (QED) is 0.901. The van der Waals surface area contributed by atoms with Crippen LogP contribution in [-0.2, 0) is 13.5 Å². The zero-order chi connectivity index (χ0) is 13.3. The molecule has 18 heavy (non-hydrogen) atoms. The van der Waals surface area contributed by atoms with Gasteiger partial charge in [0.25, 0.3) is 0 Å². The molecule has 0 unspecified atom stereocenters. The topological polar surface area (TPSA) is 38.1 Å². The number of aliphatic hydroxyl groups is 1. The van der Waals surface area contributed by atoms with Gasteiger partial charge < -0.3 is 9.67 Å². The fourth-order valence-electron chi connectivity index (χ4n) is 2.21. The molecule has 0 aliphatic rings. The molecular weight excluding hydrogens is 224 g/mol. The van der Waals surface area contributed by atoms with E-state index < -0.39 is 0 Å². The summed E-state index contributed by atoms with van der Waals surface area (Å²) in [6, 6.07) is 6.42. The first-order chi connectivity index (χ1) is 8.54. The average Bonchev–Trinajstić information content (AvgIpc) is 2.61. The molecule has 0 fully saturated rings. The highest BCUT2D eigenvalue weighted by atomic mass is 16.3. The maximum Gasteiger partial charge on any atom is 0.111 e. The predicted molar refractivity (Wildman–Crippen MR) is 73.6 cm³/mol. The Balaban J connectivity index is 2.57. The van der Waals surface area contributed by atoms with Crippen molar-refractivity contribution in [1.82, 2.24) is 9.55 Å². The average molecular weight is 244 g/mol. The Morgan fingerprint density at radius 3 is 2.61 bits per heavy atom. The standard InChI is InChI=1S/C15H20N2O/c1-10-5-6-11(2)13(9-10)15-12(3)17(4)14(16-15)7-8-18/h5-6,9,18H,7-8H2,1-4H3. The molecule has 0 saturated carbocycles. The molecule has 0 aliphatic carbocycles. The SMILES string of the molecule is Cc1ccc(C)c(-c2nc(CCO)n(C)c2C)c1. The zero-order valence-corrected chi connectivity index (χ0v) is 11.5. The smallest absolute Gasteiger partial charge is 0.111 e. The molecule has 0 amide bonds. The molecule has 2 rings (SSSR count). The highest BCUT2D eigenvalue weighted by Crippen LogP contribution is 2.27. The van der Waals surface area contributed by atoms with E-state index in [0.717, 1.165) is 17.2 Å². The number of aromatic nitrogens is 2. The molecule has 1 aromatic heterocycles. The lowest BCUT2D eigenvalue weighted by Crippen LogP contribution is -2.01. The molecule has 96 valence electrons. The third-order valence-electron chi connectivity index (χ3n) is 3.46. The van der Waals surface area contributed by atoms with Crippen molar-refractivity contribution in [3.63, 3.8) is 0 Å². The maximum atomic E-state index is 9.06.